The van der Waals surface area contributed by atoms with E-state index in [0.29, 0.717) is 12.5 Å². The molecule has 1 aromatic heterocycles. The van der Waals surface area contributed by atoms with E-state index in [-0.39, 0.29) is 6.10 Å². The third-order valence-electron chi connectivity index (χ3n) is 3.33. The summed E-state index contributed by atoms with van der Waals surface area (Å²) in [6.45, 7) is 10.9. The van der Waals surface area contributed by atoms with Crippen molar-refractivity contribution in [2.75, 3.05) is 6.61 Å². The molecule has 4 nitrogen and oxygen atoms in total. The molecule has 0 radical (unpaired) electrons. The first kappa shape index (κ1) is 13.4. The highest BCUT2D eigenvalue weighted by atomic mass is 16.5. The summed E-state index contributed by atoms with van der Waals surface area (Å²) in [4.78, 5) is 9.43. The second-order valence-electron chi connectivity index (χ2n) is 5.03. The molecule has 0 saturated heterocycles. The smallest absolute Gasteiger partial charge is 0.157 e. The van der Waals surface area contributed by atoms with Crippen LogP contribution >= 0.6 is 0 Å². The molecule has 4 heteroatoms. The maximum atomic E-state index is 5.80. The average molecular weight is 249 g/mol. The minimum Gasteiger partial charge on any atom is -0.370 e. The van der Waals surface area contributed by atoms with Gasteiger partial charge in [-0.15, -0.1) is 0 Å². The van der Waals surface area contributed by atoms with Gasteiger partial charge in [-0.05, 0) is 19.3 Å². The molecule has 1 atom stereocenters. The molecule has 1 unspecified atom stereocenters. The van der Waals surface area contributed by atoms with Crippen LogP contribution in [0.25, 0.3) is 0 Å². The van der Waals surface area contributed by atoms with E-state index in [4.69, 9.17) is 14.7 Å². The summed E-state index contributed by atoms with van der Waals surface area (Å²) in [7, 11) is 0. The Labute approximate surface area is 109 Å². The van der Waals surface area contributed by atoms with Crippen LogP contribution in [0.4, 0.5) is 0 Å². The molecule has 0 bridgehead atoms. The van der Waals surface area contributed by atoms with Crippen LogP contribution in [0.15, 0.2) is 0 Å². The maximum absolute atomic E-state index is 5.80. The number of hydrogen-bond donors (Lipinski definition) is 1. The molecule has 0 amide bonds. The molecule has 1 aromatic rings. The van der Waals surface area contributed by atoms with Crippen molar-refractivity contribution in [3.05, 3.63) is 22.8 Å². The number of nitrogens with zero attached hydrogens (tertiary/aromatic N) is 2. The molecule has 2 heterocycles. The van der Waals surface area contributed by atoms with Gasteiger partial charge in [-0.25, -0.2) is 9.97 Å². The molecule has 1 aliphatic rings. The zero-order valence-corrected chi connectivity index (χ0v) is 11.8. The molecule has 0 saturated carbocycles. The highest BCUT2D eigenvalue weighted by molar-refractivity contribution is 5.29. The lowest BCUT2D eigenvalue weighted by molar-refractivity contribution is 0.0229. The highest BCUT2D eigenvalue weighted by Crippen LogP contribution is 2.26. The largest absolute Gasteiger partial charge is 0.370 e. The van der Waals surface area contributed by atoms with Crippen LogP contribution in [-0.2, 0) is 24.2 Å². The Morgan fingerprint density at radius 2 is 2.00 bits per heavy atom. The summed E-state index contributed by atoms with van der Waals surface area (Å²) < 4.78 is 5.80. The zero-order chi connectivity index (χ0) is 13.1. The van der Waals surface area contributed by atoms with Gasteiger partial charge in [0, 0.05) is 31.0 Å². The quantitative estimate of drug-likeness (QED) is 0.870. The van der Waals surface area contributed by atoms with Gasteiger partial charge in [-0.2, -0.15) is 0 Å². The molecule has 0 fully saturated rings. The predicted molar refractivity (Wildman–Crippen MR) is 71.2 cm³/mol. The summed E-state index contributed by atoms with van der Waals surface area (Å²) in [5, 5.41) is 3.35. The summed E-state index contributed by atoms with van der Waals surface area (Å²) in [6.07, 6.45) is 0.961. The molecule has 1 aliphatic heterocycles. The molecule has 0 aromatic carbocycles. The third-order valence-corrected chi connectivity index (χ3v) is 3.33. The summed E-state index contributed by atoms with van der Waals surface area (Å²) in [5.74, 6) is 1.24. The highest BCUT2D eigenvalue weighted by Gasteiger charge is 2.24. The second-order valence-corrected chi connectivity index (χ2v) is 5.03. The van der Waals surface area contributed by atoms with Crippen molar-refractivity contribution in [2.24, 2.45) is 5.92 Å². The number of aromatic nitrogens is 2. The molecule has 0 aliphatic carbocycles. The number of rotatable bonds is 5. The van der Waals surface area contributed by atoms with Gasteiger partial charge < -0.3 is 10.1 Å². The molecule has 100 valence electrons. The van der Waals surface area contributed by atoms with Crippen LogP contribution in [0.3, 0.4) is 0 Å². The van der Waals surface area contributed by atoms with E-state index in [0.717, 1.165) is 31.0 Å². The Bertz CT molecular complexity index is 418. The maximum Gasteiger partial charge on any atom is 0.157 e. The van der Waals surface area contributed by atoms with E-state index in [1.807, 2.05) is 6.92 Å². The third kappa shape index (κ3) is 2.54. The van der Waals surface area contributed by atoms with Crippen LogP contribution < -0.4 is 5.32 Å². The van der Waals surface area contributed by atoms with Crippen molar-refractivity contribution in [3.63, 3.8) is 0 Å². The molecule has 0 spiro atoms. The van der Waals surface area contributed by atoms with Crippen molar-refractivity contribution in [1.29, 1.82) is 0 Å². The Kier molecular flexibility index (Phi) is 4.30. The minimum atomic E-state index is 0.00574. The molecular formula is C14H23N3O. The molecular weight excluding hydrogens is 226 g/mol. The monoisotopic (exact) mass is 249 g/mol. The Hall–Kier alpha value is -1.00. The SMILES string of the molecule is CCOC(c1nc(CC)c2c(n1)CNC2)C(C)C. The first-order valence-electron chi connectivity index (χ1n) is 6.88. The lowest BCUT2D eigenvalue weighted by Crippen LogP contribution is -2.17. The number of nitrogens with one attached hydrogen (secondary N) is 1. The number of hydrogen-bond acceptors (Lipinski definition) is 4. The van der Waals surface area contributed by atoms with Crippen LogP contribution in [0.2, 0.25) is 0 Å². The van der Waals surface area contributed by atoms with Crippen molar-refractivity contribution in [1.82, 2.24) is 15.3 Å². The van der Waals surface area contributed by atoms with Gasteiger partial charge >= 0.3 is 0 Å². The number of fused-ring (bicyclic) bond motifs is 1. The summed E-state index contributed by atoms with van der Waals surface area (Å²) in [5.41, 5.74) is 3.62. The van der Waals surface area contributed by atoms with Gasteiger partial charge in [0.15, 0.2) is 5.82 Å². The minimum absolute atomic E-state index is 0.00574. The molecule has 2 rings (SSSR count). The van der Waals surface area contributed by atoms with Gasteiger partial charge in [-0.3, -0.25) is 0 Å². The van der Waals surface area contributed by atoms with Gasteiger partial charge in [0.05, 0.1) is 5.69 Å². The molecule has 18 heavy (non-hydrogen) atoms. The average Bonchev–Trinajstić information content (AvgIpc) is 2.82. The van der Waals surface area contributed by atoms with Crippen molar-refractivity contribution in [3.8, 4) is 0 Å². The van der Waals surface area contributed by atoms with Crippen molar-refractivity contribution < 1.29 is 4.74 Å². The van der Waals surface area contributed by atoms with E-state index in [1.165, 1.54) is 11.3 Å². The van der Waals surface area contributed by atoms with E-state index >= 15 is 0 Å². The standard InChI is InChI=1S/C14H23N3O/c1-5-11-10-7-15-8-12(10)17-14(16-11)13(9(3)4)18-6-2/h9,13,15H,5-8H2,1-4H3. The lowest BCUT2D eigenvalue weighted by atomic mass is 10.1. The van der Waals surface area contributed by atoms with E-state index in [2.05, 4.69) is 26.1 Å². The fourth-order valence-electron chi connectivity index (χ4n) is 2.42. The van der Waals surface area contributed by atoms with E-state index in [1.54, 1.807) is 0 Å². The van der Waals surface area contributed by atoms with Crippen LogP contribution in [0.1, 0.15) is 56.6 Å². The topological polar surface area (TPSA) is 47.0 Å². The lowest BCUT2D eigenvalue weighted by Gasteiger charge is -2.20. The number of ether oxygens (including phenoxy) is 1. The fourth-order valence-corrected chi connectivity index (χ4v) is 2.42. The van der Waals surface area contributed by atoms with E-state index < -0.39 is 0 Å². The molecule has 1 N–H and O–H groups in total. The van der Waals surface area contributed by atoms with Gasteiger partial charge in [0.25, 0.3) is 0 Å². The first-order chi connectivity index (χ1) is 8.67. The van der Waals surface area contributed by atoms with Gasteiger partial charge in [0.2, 0.25) is 0 Å². The van der Waals surface area contributed by atoms with Crippen LogP contribution in [-0.4, -0.2) is 16.6 Å². The van der Waals surface area contributed by atoms with Gasteiger partial charge in [0.1, 0.15) is 6.10 Å². The van der Waals surface area contributed by atoms with Crippen LogP contribution in [0, 0.1) is 5.92 Å². The second kappa shape index (κ2) is 5.76. The van der Waals surface area contributed by atoms with Gasteiger partial charge in [-0.1, -0.05) is 20.8 Å². The normalized spacial score (nSPS) is 16.1. The predicted octanol–water partition coefficient (Wildman–Crippen LogP) is 2.38. The van der Waals surface area contributed by atoms with Crippen molar-refractivity contribution in [2.45, 2.75) is 53.3 Å². The summed E-state index contributed by atoms with van der Waals surface area (Å²) in [6, 6.07) is 0. The summed E-state index contributed by atoms with van der Waals surface area (Å²) >= 11 is 0. The first-order valence-corrected chi connectivity index (χ1v) is 6.88. The van der Waals surface area contributed by atoms with E-state index in [9.17, 15) is 0 Å². The zero-order valence-electron chi connectivity index (χ0n) is 11.8. The fraction of sp³-hybridized carbons (Fsp3) is 0.714. The Morgan fingerprint density at radius 3 is 2.61 bits per heavy atom. The van der Waals surface area contributed by atoms with Crippen LogP contribution in [0.5, 0.6) is 0 Å². The Balaban J connectivity index is 2.38. The Morgan fingerprint density at radius 1 is 1.22 bits per heavy atom. The van der Waals surface area contributed by atoms with Crippen molar-refractivity contribution >= 4 is 0 Å². The number of aryl methyl sites for hydroxylation is 1.